The number of allylic oxidation sites excluding steroid dienone is 1. The van der Waals surface area contributed by atoms with Gasteiger partial charge in [-0.05, 0) is 28.4 Å². The van der Waals surface area contributed by atoms with Crippen molar-refractivity contribution in [1.82, 2.24) is 9.78 Å². The zero-order valence-electron chi connectivity index (χ0n) is 6.59. The summed E-state index contributed by atoms with van der Waals surface area (Å²) in [7, 11) is 0. The molecule has 0 aliphatic rings. The van der Waals surface area contributed by atoms with Crippen LogP contribution in [0.3, 0.4) is 0 Å². The maximum Gasteiger partial charge on any atom is 0.159 e. The fourth-order valence-corrected chi connectivity index (χ4v) is 1.17. The molecule has 1 aromatic rings. The summed E-state index contributed by atoms with van der Waals surface area (Å²) >= 11 is 8.77. The highest BCUT2D eigenvalue weighted by molar-refractivity contribution is 9.10. The van der Waals surface area contributed by atoms with Crippen LogP contribution in [-0.2, 0) is 6.54 Å². The van der Waals surface area contributed by atoms with Crippen LogP contribution in [-0.4, -0.2) is 9.78 Å². The van der Waals surface area contributed by atoms with Gasteiger partial charge < -0.3 is 5.73 Å². The van der Waals surface area contributed by atoms with Gasteiger partial charge >= 0.3 is 0 Å². The first kappa shape index (κ1) is 9.61. The number of hydrogen-bond donors (Lipinski definition) is 1. The van der Waals surface area contributed by atoms with Crippen molar-refractivity contribution in [3.05, 3.63) is 21.8 Å². The van der Waals surface area contributed by atoms with Crippen molar-refractivity contribution < 1.29 is 0 Å². The summed E-state index contributed by atoms with van der Waals surface area (Å²) < 4.78 is 2.54. The fraction of sp³-hybridized carbons (Fsp3) is 0.286. The third kappa shape index (κ3) is 2.25. The molecule has 2 N–H and O–H groups in total. The number of nitrogens with zero attached hydrogens (tertiary/aromatic N) is 2. The topological polar surface area (TPSA) is 43.8 Å². The van der Waals surface area contributed by atoms with Crippen molar-refractivity contribution in [2.75, 3.05) is 5.73 Å². The van der Waals surface area contributed by atoms with Gasteiger partial charge in [-0.25, -0.2) is 0 Å². The SMILES string of the molecule is C/C(=C\Cl)Cn1cc(Br)c(N)n1. The Morgan fingerprint density at radius 1 is 1.92 bits per heavy atom. The average molecular weight is 251 g/mol. The molecule has 0 radical (unpaired) electrons. The van der Waals surface area contributed by atoms with E-state index in [-0.39, 0.29) is 0 Å². The number of rotatable bonds is 2. The van der Waals surface area contributed by atoms with Crippen LogP contribution in [0, 0.1) is 0 Å². The number of halogens is 2. The lowest BCUT2D eigenvalue weighted by atomic mass is 10.3. The maximum absolute atomic E-state index is 5.53. The first-order chi connectivity index (χ1) is 5.63. The normalized spacial score (nSPS) is 12.1. The molecule has 0 saturated carbocycles. The molecule has 1 aromatic heterocycles. The molecule has 0 amide bonds. The second kappa shape index (κ2) is 3.96. The molecule has 0 saturated heterocycles. The minimum Gasteiger partial charge on any atom is -0.381 e. The molecule has 3 nitrogen and oxygen atoms in total. The van der Waals surface area contributed by atoms with E-state index in [2.05, 4.69) is 21.0 Å². The molecule has 1 heterocycles. The molecule has 5 heteroatoms. The minimum atomic E-state index is 0.498. The summed E-state index contributed by atoms with van der Waals surface area (Å²) in [6.07, 6.45) is 1.82. The Morgan fingerprint density at radius 3 is 3.00 bits per heavy atom. The molecule has 0 atom stereocenters. The van der Waals surface area contributed by atoms with E-state index in [0.717, 1.165) is 10.0 Å². The first-order valence-electron chi connectivity index (χ1n) is 3.37. The monoisotopic (exact) mass is 249 g/mol. The zero-order valence-corrected chi connectivity index (χ0v) is 8.93. The fourth-order valence-electron chi connectivity index (χ4n) is 0.783. The molecule has 0 unspecified atom stereocenters. The van der Waals surface area contributed by atoms with Crippen LogP contribution in [0.5, 0.6) is 0 Å². The largest absolute Gasteiger partial charge is 0.381 e. The van der Waals surface area contributed by atoms with Crippen molar-refractivity contribution in [3.63, 3.8) is 0 Å². The molecular formula is C7H9BrClN3. The van der Waals surface area contributed by atoms with Gasteiger partial charge in [0.25, 0.3) is 0 Å². The van der Waals surface area contributed by atoms with E-state index in [9.17, 15) is 0 Å². The summed E-state index contributed by atoms with van der Waals surface area (Å²) in [5.41, 5.74) is 8.09. The molecule has 0 bridgehead atoms. The Kier molecular flexibility index (Phi) is 3.17. The van der Waals surface area contributed by atoms with Gasteiger partial charge in [0.1, 0.15) is 0 Å². The van der Waals surface area contributed by atoms with E-state index >= 15 is 0 Å². The lowest BCUT2D eigenvalue weighted by Gasteiger charge is -1.98. The van der Waals surface area contributed by atoms with E-state index in [4.69, 9.17) is 17.3 Å². The third-order valence-corrected chi connectivity index (χ3v) is 2.32. The second-order valence-electron chi connectivity index (χ2n) is 2.52. The molecule has 0 fully saturated rings. The zero-order chi connectivity index (χ0) is 9.14. The van der Waals surface area contributed by atoms with Gasteiger partial charge in [0.05, 0.1) is 11.0 Å². The number of nitrogens with two attached hydrogens (primary N) is 1. The highest BCUT2D eigenvalue weighted by Gasteiger charge is 2.01. The lowest BCUT2D eigenvalue weighted by Crippen LogP contribution is -2.00. The predicted octanol–water partition coefficient (Wildman–Crippen LogP) is 2.37. The lowest BCUT2D eigenvalue weighted by molar-refractivity contribution is 0.681. The molecule has 0 aromatic carbocycles. The Balaban J connectivity index is 2.77. The molecule has 0 aliphatic heterocycles. The number of anilines is 1. The third-order valence-electron chi connectivity index (χ3n) is 1.34. The van der Waals surface area contributed by atoms with E-state index in [0.29, 0.717) is 12.4 Å². The van der Waals surface area contributed by atoms with Crippen LogP contribution in [0.1, 0.15) is 6.92 Å². The summed E-state index contributed by atoms with van der Waals surface area (Å²) in [4.78, 5) is 0. The van der Waals surface area contributed by atoms with Gasteiger partial charge in [-0.3, -0.25) is 4.68 Å². The average Bonchev–Trinajstić information content (AvgIpc) is 2.31. The van der Waals surface area contributed by atoms with Crippen LogP contribution in [0.25, 0.3) is 0 Å². The van der Waals surface area contributed by atoms with Gasteiger partial charge in [-0.2, -0.15) is 5.10 Å². The van der Waals surface area contributed by atoms with E-state index in [1.165, 1.54) is 5.54 Å². The molecule has 1 rings (SSSR count). The highest BCUT2D eigenvalue weighted by Crippen LogP contribution is 2.16. The quantitative estimate of drug-likeness (QED) is 0.876. The number of hydrogen-bond acceptors (Lipinski definition) is 2. The summed E-state index contributed by atoms with van der Waals surface area (Å²) in [6.45, 7) is 2.60. The predicted molar refractivity (Wildman–Crippen MR) is 53.9 cm³/mol. The van der Waals surface area contributed by atoms with E-state index in [1.807, 2.05) is 13.1 Å². The Bertz CT molecular complexity index is 286. The molecule has 0 spiro atoms. The summed E-state index contributed by atoms with van der Waals surface area (Å²) in [6, 6.07) is 0. The van der Waals surface area contributed by atoms with Gasteiger partial charge in [-0.15, -0.1) is 0 Å². The Labute approximate surface area is 84.3 Å². The Hall–Kier alpha value is -0.480. The van der Waals surface area contributed by atoms with Crippen LogP contribution >= 0.6 is 27.5 Å². The highest BCUT2D eigenvalue weighted by atomic mass is 79.9. The van der Waals surface area contributed by atoms with Gasteiger partial charge in [0.2, 0.25) is 0 Å². The van der Waals surface area contributed by atoms with Crippen LogP contribution < -0.4 is 5.73 Å². The van der Waals surface area contributed by atoms with Gasteiger partial charge in [-0.1, -0.05) is 11.6 Å². The van der Waals surface area contributed by atoms with Gasteiger partial charge in [0, 0.05) is 11.7 Å². The van der Waals surface area contributed by atoms with E-state index in [1.54, 1.807) is 4.68 Å². The van der Waals surface area contributed by atoms with Crippen molar-refractivity contribution in [3.8, 4) is 0 Å². The smallest absolute Gasteiger partial charge is 0.159 e. The number of aromatic nitrogens is 2. The van der Waals surface area contributed by atoms with Crippen molar-refractivity contribution >= 4 is 33.3 Å². The molecule has 12 heavy (non-hydrogen) atoms. The maximum atomic E-state index is 5.53. The van der Waals surface area contributed by atoms with Crippen LogP contribution in [0.15, 0.2) is 21.8 Å². The van der Waals surface area contributed by atoms with Crippen molar-refractivity contribution in [2.45, 2.75) is 13.5 Å². The minimum absolute atomic E-state index is 0.498. The first-order valence-corrected chi connectivity index (χ1v) is 4.60. The molecule has 66 valence electrons. The Morgan fingerprint density at radius 2 is 2.58 bits per heavy atom. The van der Waals surface area contributed by atoms with Gasteiger partial charge in [0.15, 0.2) is 5.82 Å². The summed E-state index contributed by atoms with van der Waals surface area (Å²) in [5.74, 6) is 0.498. The van der Waals surface area contributed by atoms with Crippen molar-refractivity contribution in [1.29, 1.82) is 0 Å². The number of nitrogen functional groups attached to an aromatic ring is 1. The second-order valence-corrected chi connectivity index (χ2v) is 3.59. The molecule has 0 aliphatic carbocycles. The summed E-state index contributed by atoms with van der Waals surface area (Å²) in [5, 5.41) is 4.05. The van der Waals surface area contributed by atoms with Crippen LogP contribution in [0.2, 0.25) is 0 Å². The van der Waals surface area contributed by atoms with Crippen LogP contribution in [0.4, 0.5) is 5.82 Å². The van der Waals surface area contributed by atoms with E-state index < -0.39 is 0 Å². The standard InChI is InChI=1S/C7H9BrClN3/c1-5(2-9)3-12-4-6(8)7(10)11-12/h2,4H,3H2,1H3,(H2,10,11)/b5-2+. The molecular weight excluding hydrogens is 241 g/mol. The van der Waals surface area contributed by atoms with Crippen molar-refractivity contribution in [2.24, 2.45) is 0 Å².